The molecule has 0 amide bonds. The van der Waals surface area contributed by atoms with E-state index >= 15 is 0 Å². The summed E-state index contributed by atoms with van der Waals surface area (Å²) in [5.41, 5.74) is 12.7. The van der Waals surface area contributed by atoms with Gasteiger partial charge in [-0.05, 0) is 83.6 Å². The number of hydrogen-bond donors (Lipinski definition) is 0. The van der Waals surface area contributed by atoms with Crippen LogP contribution in [0.2, 0.25) is 0 Å². The third-order valence-corrected chi connectivity index (χ3v) is 13.8. The maximum atomic E-state index is 11.3. The van der Waals surface area contributed by atoms with Crippen LogP contribution in [0.4, 0.5) is 5.69 Å². The van der Waals surface area contributed by atoms with Gasteiger partial charge in [0.15, 0.2) is 0 Å². The van der Waals surface area contributed by atoms with Crippen molar-refractivity contribution in [1.29, 1.82) is 5.26 Å². The lowest BCUT2D eigenvalue weighted by molar-refractivity contribution is 1.14. The van der Waals surface area contributed by atoms with Crippen LogP contribution in [0.3, 0.4) is 0 Å². The molecule has 6 nitrogen and oxygen atoms in total. The van der Waals surface area contributed by atoms with E-state index in [9.17, 15) is 5.26 Å². The van der Waals surface area contributed by atoms with Crippen molar-refractivity contribution in [2.45, 2.75) is 0 Å². The van der Waals surface area contributed by atoms with Crippen LogP contribution in [0.5, 0.6) is 0 Å². The SMILES string of the molecule is [C-]#[N+]c1cc(-n2c3ccccc3c3c2ccc2c4ccccc4n(-c4ccccc4)c23)c(C#N)cc1-n1c2ccc3ccccc3c2c2c1ccc1c3ccccc3n(-c3ccccc3)c12. The minimum Gasteiger partial charge on any atom is -0.319 e. The van der Waals surface area contributed by atoms with Gasteiger partial charge in [0, 0.05) is 54.5 Å². The molecular weight excluding hydrogens is 805 g/mol. The second-order valence-corrected chi connectivity index (χ2v) is 17.0. The van der Waals surface area contributed by atoms with Crippen molar-refractivity contribution >= 4 is 104 Å². The lowest BCUT2D eigenvalue weighted by Gasteiger charge is -2.16. The Bertz CT molecular complexity index is 4470. The monoisotopic (exact) mass is 838 g/mol. The molecule has 0 spiro atoms. The maximum Gasteiger partial charge on any atom is 0.212 e. The van der Waals surface area contributed by atoms with Crippen molar-refractivity contribution in [2.75, 3.05) is 0 Å². The molecule has 4 aromatic heterocycles. The highest BCUT2D eigenvalue weighted by Crippen LogP contribution is 2.47. The summed E-state index contributed by atoms with van der Waals surface area (Å²) in [6, 6.07) is 74.9. The first-order chi connectivity index (χ1) is 32.7. The Morgan fingerprint density at radius 3 is 1.44 bits per heavy atom. The molecule has 0 bridgehead atoms. The molecule has 0 N–H and O–H groups in total. The minimum absolute atomic E-state index is 0.449. The highest BCUT2D eigenvalue weighted by atomic mass is 15.0. The van der Waals surface area contributed by atoms with Crippen molar-refractivity contribution in [3.8, 4) is 28.8 Å². The molecule has 4 heterocycles. The molecule has 14 aromatic rings. The Morgan fingerprint density at radius 1 is 0.364 bits per heavy atom. The summed E-state index contributed by atoms with van der Waals surface area (Å²) in [5, 5.41) is 22.6. The summed E-state index contributed by atoms with van der Waals surface area (Å²) < 4.78 is 9.15. The van der Waals surface area contributed by atoms with Crippen LogP contribution < -0.4 is 0 Å². The van der Waals surface area contributed by atoms with E-state index in [4.69, 9.17) is 6.57 Å². The van der Waals surface area contributed by atoms with Crippen molar-refractivity contribution in [3.63, 3.8) is 0 Å². The number of rotatable bonds is 4. The molecule has 304 valence electrons. The molecule has 0 saturated heterocycles. The van der Waals surface area contributed by atoms with Gasteiger partial charge in [0.2, 0.25) is 5.69 Å². The first-order valence-corrected chi connectivity index (χ1v) is 22.1. The van der Waals surface area contributed by atoms with Crippen LogP contribution in [0.1, 0.15) is 5.56 Å². The Kier molecular flexibility index (Phi) is 7.43. The zero-order valence-electron chi connectivity index (χ0n) is 35.3. The molecule has 0 aliphatic rings. The zero-order chi connectivity index (χ0) is 43.6. The van der Waals surface area contributed by atoms with Gasteiger partial charge in [0.1, 0.15) is 6.07 Å². The lowest BCUT2D eigenvalue weighted by Crippen LogP contribution is -2.02. The van der Waals surface area contributed by atoms with Crippen molar-refractivity contribution < 1.29 is 0 Å². The molecule has 0 aliphatic heterocycles. The maximum absolute atomic E-state index is 11.3. The highest BCUT2D eigenvalue weighted by molar-refractivity contribution is 6.31. The predicted octanol–water partition coefficient (Wildman–Crippen LogP) is 15.7. The van der Waals surface area contributed by atoms with E-state index < -0.39 is 0 Å². The minimum atomic E-state index is 0.449. The van der Waals surface area contributed by atoms with Gasteiger partial charge >= 0.3 is 0 Å². The number of para-hydroxylation sites is 5. The van der Waals surface area contributed by atoms with Crippen LogP contribution in [0.25, 0.3) is 126 Å². The highest BCUT2D eigenvalue weighted by Gasteiger charge is 2.26. The Hall–Kier alpha value is -9.36. The van der Waals surface area contributed by atoms with Crippen LogP contribution in [-0.2, 0) is 0 Å². The van der Waals surface area contributed by atoms with E-state index in [1.54, 1.807) is 0 Å². The van der Waals surface area contributed by atoms with E-state index in [1.807, 2.05) is 18.2 Å². The molecular formula is C60H34N6. The fourth-order valence-corrected chi connectivity index (χ4v) is 11.1. The summed E-state index contributed by atoms with van der Waals surface area (Å²) in [6.07, 6.45) is 0. The third kappa shape index (κ3) is 4.77. The summed E-state index contributed by atoms with van der Waals surface area (Å²) in [6.45, 7) is 8.87. The van der Waals surface area contributed by atoms with Crippen molar-refractivity contribution in [2.24, 2.45) is 0 Å². The van der Waals surface area contributed by atoms with E-state index in [0.29, 0.717) is 22.6 Å². The van der Waals surface area contributed by atoms with Gasteiger partial charge in [-0.1, -0.05) is 133 Å². The van der Waals surface area contributed by atoms with E-state index in [2.05, 4.69) is 217 Å². The number of benzene rings is 10. The quantitative estimate of drug-likeness (QED) is 0.163. The lowest BCUT2D eigenvalue weighted by atomic mass is 10.0. The molecule has 66 heavy (non-hydrogen) atoms. The number of nitrogens with zero attached hydrogens (tertiary/aromatic N) is 6. The van der Waals surface area contributed by atoms with Gasteiger partial charge in [-0.2, -0.15) is 5.26 Å². The molecule has 10 aromatic carbocycles. The van der Waals surface area contributed by atoms with Crippen LogP contribution >= 0.6 is 0 Å². The number of aromatic nitrogens is 4. The predicted molar refractivity (Wildman–Crippen MR) is 272 cm³/mol. The zero-order valence-corrected chi connectivity index (χ0v) is 35.3. The fraction of sp³-hybridized carbons (Fsp3) is 0. The Morgan fingerprint density at radius 2 is 0.833 bits per heavy atom. The standard InChI is InChI=1S/C60H34N6/c1-62-47-35-54(65-50-27-15-12-24-46(50)57-52(65)32-29-44-42-22-10-13-25-48(42)63(59(44)57)39-17-4-2-5-18-39)38(36-61)34-55(47)66-51-31-28-37-16-8-9-21-41(37)56(51)58-53(66)33-30-45-43-23-11-14-26-49(43)64(60(45)58)40-19-6-3-7-20-40/h2-35H. The first-order valence-electron chi connectivity index (χ1n) is 22.1. The van der Waals surface area contributed by atoms with Gasteiger partial charge in [-0.3, -0.25) is 0 Å². The largest absolute Gasteiger partial charge is 0.319 e. The molecule has 0 fully saturated rings. The molecule has 0 unspecified atom stereocenters. The van der Waals surface area contributed by atoms with E-state index in [1.165, 1.54) is 10.8 Å². The molecule has 0 atom stereocenters. The smallest absolute Gasteiger partial charge is 0.212 e. The van der Waals surface area contributed by atoms with Crippen LogP contribution in [0, 0.1) is 17.9 Å². The second-order valence-electron chi connectivity index (χ2n) is 17.0. The van der Waals surface area contributed by atoms with Gasteiger partial charge in [0.05, 0.1) is 67.6 Å². The Labute approximate surface area is 377 Å². The third-order valence-electron chi connectivity index (χ3n) is 13.8. The summed E-state index contributed by atoms with van der Waals surface area (Å²) in [4.78, 5) is 4.30. The number of nitriles is 1. The fourth-order valence-electron chi connectivity index (χ4n) is 11.1. The number of fused-ring (bicyclic) bond motifs is 16. The molecule has 0 saturated carbocycles. The van der Waals surface area contributed by atoms with Crippen molar-refractivity contribution in [3.05, 3.63) is 223 Å². The average Bonchev–Trinajstić information content (AvgIpc) is 4.11. The first kappa shape index (κ1) is 36.2. The Balaban J connectivity index is 1.10. The van der Waals surface area contributed by atoms with E-state index in [-0.39, 0.29) is 0 Å². The molecule has 6 heteroatoms. The van der Waals surface area contributed by atoms with E-state index in [0.717, 1.165) is 98.6 Å². The van der Waals surface area contributed by atoms with Crippen molar-refractivity contribution in [1.82, 2.24) is 18.3 Å². The summed E-state index contributed by atoms with van der Waals surface area (Å²) in [7, 11) is 0. The molecule has 14 rings (SSSR count). The average molecular weight is 839 g/mol. The summed E-state index contributed by atoms with van der Waals surface area (Å²) >= 11 is 0. The van der Waals surface area contributed by atoms with Gasteiger partial charge in [-0.25, -0.2) is 4.85 Å². The van der Waals surface area contributed by atoms with Crippen LogP contribution in [0.15, 0.2) is 206 Å². The van der Waals surface area contributed by atoms with Gasteiger partial charge in [0.25, 0.3) is 0 Å². The summed E-state index contributed by atoms with van der Waals surface area (Å²) in [5.74, 6) is 0. The van der Waals surface area contributed by atoms with Gasteiger partial charge in [-0.15, -0.1) is 0 Å². The van der Waals surface area contributed by atoms with Crippen LogP contribution in [-0.4, -0.2) is 18.3 Å². The molecule has 0 aliphatic carbocycles. The van der Waals surface area contributed by atoms with Gasteiger partial charge < -0.3 is 18.3 Å². The topological polar surface area (TPSA) is 47.9 Å². The second kappa shape index (κ2) is 13.6. The molecule has 0 radical (unpaired) electrons. The normalized spacial score (nSPS) is 11.9. The number of hydrogen-bond acceptors (Lipinski definition) is 1.